The summed E-state index contributed by atoms with van der Waals surface area (Å²) in [6.07, 6.45) is -3.79. The van der Waals surface area contributed by atoms with Gasteiger partial charge >= 0.3 is 6.18 Å². The lowest BCUT2D eigenvalue weighted by Crippen LogP contribution is -2.33. The van der Waals surface area contributed by atoms with E-state index >= 15 is 0 Å². The monoisotopic (exact) mass is 295 g/mol. The molecular formula is C11H13ClF3N3O. The molecule has 0 aliphatic rings. The van der Waals surface area contributed by atoms with E-state index in [4.69, 9.17) is 11.6 Å². The highest BCUT2D eigenvalue weighted by Crippen LogP contribution is 2.30. The summed E-state index contributed by atoms with van der Waals surface area (Å²) in [6, 6.07) is 0.794. The first-order valence-electron chi connectivity index (χ1n) is 5.33. The van der Waals surface area contributed by atoms with Crippen molar-refractivity contribution < 1.29 is 18.0 Å². The molecular weight excluding hydrogens is 283 g/mol. The van der Waals surface area contributed by atoms with E-state index < -0.39 is 11.7 Å². The van der Waals surface area contributed by atoms with E-state index in [1.807, 2.05) is 0 Å². The van der Waals surface area contributed by atoms with Gasteiger partial charge in [0.05, 0.1) is 29.4 Å². The number of likely N-dealkylation sites (N-methyl/N-ethyl adjacent to an activating group) is 1. The van der Waals surface area contributed by atoms with Crippen LogP contribution in [-0.2, 0) is 17.5 Å². The van der Waals surface area contributed by atoms with Crippen molar-refractivity contribution in [3.05, 3.63) is 28.5 Å². The van der Waals surface area contributed by atoms with Crippen molar-refractivity contribution in [3.8, 4) is 0 Å². The molecule has 1 aromatic heterocycles. The number of aromatic nitrogens is 1. The van der Waals surface area contributed by atoms with Crippen LogP contribution >= 0.6 is 11.6 Å². The molecule has 0 fully saturated rings. The average Bonchev–Trinajstić information content (AvgIpc) is 2.25. The number of pyridine rings is 1. The summed E-state index contributed by atoms with van der Waals surface area (Å²) in [5.74, 6) is -0.261. The third-order valence-electron chi connectivity index (χ3n) is 2.16. The molecule has 0 spiro atoms. The second-order valence-electron chi connectivity index (χ2n) is 4.16. The Bertz CT molecular complexity index is 463. The summed E-state index contributed by atoms with van der Waals surface area (Å²) in [7, 11) is 3.45. The maximum Gasteiger partial charge on any atom is 0.417 e. The van der Waals surface area contributed by atoms with Crippen LogP contribution in [0, 0.1) is 0 Å². The van der Waals surface area contributed by atoms with Gasteiger partial charge in [0.1, 0.15) is 0 Å². The number of nitrogens with one attached hydrogen (secondary N) is 1. The molecule has 0 atom stereocenters. The van der Waals surface area contributed by atoms with E-state index in [1.165, 1.54) is 0 Å². The highest BCUT2D eigenvalue weighted by molar-refractivity contribution is 6.31. The van der Waals surface area contributed by atoms with Crippen molar-refractivity contribution in [2.45, 2.75) is 12.7 Å². The van der Waals surface area contributed by atoms with Crippen LogP contribution in [0.4, 0.5) is 13.2 Å². The molecule has 1 aromatic rings. The van der Waals surface area contributed by atoms with Crippen LogP contribution in [0.2, 0.25) is 5.02 Å². The van der Waals surface area contributed by atoms with Gasteiger partial charge in [-0.2, -0.15) is 13.2 Å². The first-order valence-corrected chi connectivity index (χ1v) is 5.71. The molecule has 8 heteroatoms. The Labute approximate surface area is 113 Å². The maximum absolute atomic E-state index is 12.4. The van der Waals surface area contributed by atoms with Gasteiger partial charge in [-0.15, -0.1) is 0 Å². The molecule has 1 rings (SSSR count). The Morgan fingerprint density at radius 2 is 2.11 bits per heavy atom. The second-order valence-corrected chi connectivity index (χ2v) is 4.57. The number of halogens is 4. The molecule has 4 nitrogen and oxygen atoms in total. The standard InChI is InChI=1S/C11H13ClF3N3O/c1-18(2)6-10(19)17-5-9-8(12)3-7(4-16-9)11(13,14)15/h3-4H,5-6H2,1-2H3,(H,17,19). The zero-order chi connectivity index (χ0) is 14.6. The van der Waals surface area contributed by atoms with Gasteiger partial charge in [-0.05, 0) is 20.2 Å². The highest BCUT2D eigenvalue weighted by atomic mass is 35.5. The SMILES string of the molecule is CN(C)CC(=O)NCc1ncc(C(F)(F)F)cc1Cl. The highest BCUT2D eigenvalue weighted by Gasteiger charge is 2.31. The second kappa shape index (κ2) is 6.21. The number of hydrogen-bond acceptors (Lipinski definition) is 3. The Balaban J connectivity index is 2.68. The number of alkyl halides is 3. The van der Waals surface area contributed by atoms with Gasteiger partial charge in [-0.3, -0.25) is 9.78 Å². The van der Waals surface area contributed by atoms with Crippen LogP contribution in [0.15, 0.2) is 12.3 Å². The minimum absolute atomic E-state index is 0.0103. The fourth-order valence-electron chi connectivity index (χ4n) is 1.28. The number of nitrogens with zero attached hydrogens (tertiary/aromatic N) is 2. The van der Waals surface area contributed by atoms with Crippen molar-refractivity contribution in [3.63, 3.8) is 0 Å². The van der Waals surface area contributed by atoms with Gasteiger partial charge in [0.2, 0.25) is 5.91 Å². The lowest BCUT2D eigenvalue weighted by atomic mass is 10.2. The van der Waals surface area contributed by atoms with Crippen LogP contribution in [0.5, 0.6) is 0 Å². The van der Waals surface area contributed by atoms with Gasteiger partial charge in [-0.1, -0.05) is 11.6 Å². The lowest BCUT2D eigenvalue weighted by molar-refractivity contribution is -0.137. The average molecular weight is 296 g/mol. The molecule has 19 heavy (non-hydrogen) atoms. The van der Waals surface area contributed by atoms with Crippen LogP contribution in [-0.4, -0.2) is 36.4 Å². The predicted octanol–water partition coefficient (Wildman–Crippen LogP) is 1.93. The third-order valence-corrected chi connectivity index (χ3v) is 2.48. The van der Waals surface area contributed by atoms with Gasteiger partial charge in [0.15, 0.2) is 0 Å². The molecule has 106 valence electrons. The van der Waals surface area contributed by atoms with E-state index in [0.29, 0.717) is 6.20 Å². The molecule has 1 heterocycles. The van der Waals surface area contributed by atoms with Gasteiger partial charge in [0.25, 0.3) is 0 Å². The lowest BCUT2D eigenvalue weighted by Gasteiger charge is -2.11. The van der Waals surface area contributed by atoms with Gasteiger partial charge in [0, 0.05) is 6.20 Å². The first-order chi connectivity index (χ1) is 8.70. The molecule has 0 bridgehead atoms. The normalized spacial score (nSPS) is 11.7. The molecule has 1 amide bonds. The molecule has 0 saturated carbocycles. The van der Waals surface area contributed by atoms with Crippen LogP contribution in [0.3, 0.4) is 0 Å². The largest absolute Gasteiger partial charge is 0.417 e. The molecule has 0 aliphatic carbocycles. The topological polar surface area (TPSA) is 45.2 Å². The molecule has 1 N–H and O–H groups in total. The number of carbonyl (C=O) groups excluding carboxylic acids is 1. The summed E-state index contributed by atoms with van der Waals surface area (Å²) >= 11 is 5.70. The maximum atomic E-state index is 12.4. The van der Waals surface area contributed by atoms with Crippen molar-refractivity contribution in [2.24, 2.45) is 0 Å². The van der Waals surface area contributed by atoms with Crippen molar-refractivity contribution in [2.75, 3.05) is 20.6 Å². The summed E-state index contributed by atoms with van der Waals surface area (Å²) in [4.78, 5) is 16.6. The Morgan fingerprint density at radius 3 is 2.58 bits per heavy atom. The Morgan fingerprint density at radius 1 is 1.47 bits per heavy atom. The van der Waals surface area contributed by atoms with E-state index in [1.54, 1.807) is 19.0 Å². The summed E-state index contributed by atoms with van der Waals surface area (Å²) < 4.78 is 37.1. The van der Waals surface area contributed by atoms with Gasteiger partial charge in [-0.25, -0.2) is 0 Å². The van der Waals surface area contributed by atoms with Crippen molar-refractivity contribution in [1.29, 1.82) is 0 Å². The van der Waals surface area contributed by atoms with Crippen molar-refractivity contribution in [1.82, 2.24) is 15.2 Å². The minimum Gasteiger partial charge on any atom is -0.349 e. The van der Waals surface area contributed by atoms with E-state index in [-0.39, 0.29) is 29.7 Å². The van der Waals surface area contributed by atoms with E-state index in [9.17, 15) is 18.0 Å². The molecule has 0 aromatic carbocycles. The van der Waals surface area contributed by atoms with Crippen LogP contribution in [0.1, 0.15) is 11.3 Å². The summed E-state index contributed by atoms with van der Waals surface area (Å²) in [6.45, 7) is 0.169. The van der Waals surface area contributed by atoms with Crippen LogP contribution < -0.4 is 5.32 Å². The molecule has 0 aliphatic heterocycles. The molecule has 0 radical (unpaired) electrons. The fraction of sp³-hybridized carbons (Fsp3) is 0.455. The predicted molar refractivity (Wildman–Crippen MR) is 64.6 cm³/mol. The molecule has 0 saturated heterocycles. The summed E-state index contributed by atoms with van der Waals surface area (Å²) in [5, 5.41) is 2.40. The minimum atomic E-state index is -4.48. The smallest absolute Gasteiger partial charge is 0.349 e. The zero-order valence-corrected chi connectivity index (χ0v) is 11.1. The van der Waals surface area contributed by atoms with E-state index in [2.05, 4.69) is 10.3 Å². The number of rotatable bonds is 4. The number of carbonyl (C=O) groups is 1. The quantitative estimate of drug-likeness (QED) is 0.923. The first kappa shape index (κ1) is 15.7. The number of hydrogen-bond donors (Lipinski definition) is 1. The Hall–Kier alpha value is -1.34. The number of amides is 1. The Kier molecular flexibility index (Phi) is 5.13. The third kappa shape index (κ3) is 5.04. The van der Waals surface area contributed by atoms with Gasteiger partial charge < -0.3 is 10.2 Å². The summed E-state index contributed by atoms with van der Waals surface area (Å²) in [5.41, 5.74) is -0.720. The molecule has 0 unspecified atom stereocenters. The van der Waals surface area contributed by atoms with Crippen LogP contribution in [0.25, 0.3) is 0 Å². The van der Waals surface area contributed by atoms with Crippen molar-refractivity contribution >= 4 is 17.5 Å². The van der Waals surface area contributed by atoms with E-state index in [0.717, 1.165) is 6.07 Å². The zero-order valence-electron chi connectivity index (χ0n) is 10.4. The fourth-order valence-corrected chi connectivity index (χ4v) is 1.51.